The van der Waals surface area contributed by atoms with Gasteiger partial charge in [-0.15, -0.1) is 0 Å². The van der Waals surface area contributed by atoms with Crippen molar-refractivity contribution in [3.8, 4) is 11.1 Å². The Bertz CT molecular complexity index is 1090. The van der Waals surface area contributed by atoms with Crippen LogP contribution in [0.15, 0.2) is 69.8 Å². The second kappa shape index (κ2) is 8.23. The molecule has 7 heteroatoms. The van der Waals surface area contributed by atoms with Crippen molar-refractivity contribution in [1.82, 2.24) is 4.90 Å². The van der Waals surface area contributed by atoms with E-state index in [1.165, 1.54) is 17.9 Å². The molecular weight excluding hydrogens is 462 g/mol. The number of ether oxygens (including phenoxy) is 1. The molecule has 0 radical (unpaired) electrons. The van der Waals surface area contributed by atoms with Gasteiger partial charge in [0.2, 0.25) is 0 Å². The van der Waals surface area contributed by atoms with Gasteiger partial charge in [0.15, 0.2) is 10.2 Å². The van der Waals surface area contributed by atoms with Crippen molar-refractivity contribution in [2.45, 2.75) is 25.3 Å². The molecule has 0 saturated heterocycles. The number of furan rings is 1. The molecule has 4 rings (SSSR count). The van der Waals surface area contributed by atoms with Crippen LogP contribution in [-0.4, -0.2) is 35.2 Å². The monoisotopic (exact) mass is 483 g/mol. The highest BCUT2D eigenvalue weighted by molar-refractivity contribution is 9.10. The average molecular weight is 484 g/mol. The molecule has 0 spiro atoms. The number of fused-ring (bicyclic) bond motifs is 3. The van der Waals surface area contributed by atoms with Gasteiger partial charge in [0.1, 0.15) is 12.4 Å². The lowest BCUT2D eigenvalue weighted by molar-refractivity contribution is -0.151. The Morgan fingerprint density at radius 1 is 1.06 bits per heavy atom. The number of hydrogen-bond donors (Lipinski definition) is 1. The molecule has 3 aromatic rings. The normalized spacial score (nSPS) is 14.4. The zero-order valence-electron chi connectivity index (χ0n) is 17.2. The molecule has 1 N–H and O–H groups in total. The third-order valence-electron chi connectivity index (χ3n) is 5.88. The smallest absolute Gasteiger partial charge is 0.411 e. The molecule has 1 heterocycles. The predicted molar refractivity (Wildman–Crippen MR) is 119 cm³/mol. The summed E-state index contributed by atoms with van der Waals surface area (Å²) < 4.78 is 11.6. The van der Waals surface area contributed by atoms with E-state index in [0.29, 0.717) is 4.67 Å². The maximum absolute atomic E-state index is 13.1. The van der Waals surface area contributed by atoms with Crippen LogP contribution in [-0.2, 0) is 15.1 Å². The summed E-state index contributed by atoms with van der Waals surface area (Å²) >= 11 is 3.19. The Kier molecular flexibility index (Phi) is 5.62. The fourth-order valence-electron chi connectivity index (χ4n) is 4.23. The Labute approximate surface area is 188 Å². The highest BCUT2D eigenvalue weighted by atomic mass is 79.9. The van der Waals surface area contributed by atoms with Crippen molar-refractivity contribution in [2.24, 2.45) is 0 Å². The second-order valence-electron chi connectivity index (χ2n) is 7.53. The minimum Gasteiger partial charge on any atom is -0.479 e. The summed E-state index contributed by atoms with van der Waals surface area (Å²) in [6.45, 7) is 3.39. The molecule has 1 atom stereocenters. The van der Waals surface area contributed by atoms with Gasteiger partial charge in [0.25, 0.3) is 0 Å². The molecule has 1 aromatic heterocycles. The molecule has 160 valence electrons. The largest absolute Gasteiger partial charge is 0.479 e. The van der Waals surface area contributed by atoms with E-state index in [0.717, 1.165) is 22.3 Å². The summed E-state index contributed by atoms with van der Waals surface area (Å²) in [7, 11) is 0. The van der Waals surface area contributed by atoms with Gasteiger partial charge in [0, 0.05) is 12.5 Å². The highest BCUT2D eigenvalue weighted by Crippen LogP contribution is 2.44. The molecule has 0 saturated carbocycles. The van der Waals surface area contributed by atoms with Crippen LogP contribution >= 0.6 is 15.9 Å². The molecule has 1 aliphatic carbocycles. The molecule has 1 aliphatic rings. The maximum atomic E-state index is 13.1. The van der Waals surface area contributed by atoms with Crippen LogP contribution < -0.4 is 0 Å². The molecule has 1 unspecified atom stereocenters. The van der Waals surface area contributed by atoms with E-state index < -0.39 is 17.6 Å². The Morgan fingerprint density at radius 3 is 2.13 bits per heavy atom. The number of nitrogens with zero attached hydrogens (tertiary/aromatic N) is 1. The van der Waals surface area contributed by atoms with Crippen molar-refractivity contribution in [2.75, 3.05) is 13.2 Å². The van der Waals surface area contributed by atoms with E-state index >= 15 is 0 Å². The lowest BCUT2D eigenvalue weighted by Gasteiger charge is -2.35. The number of carbonyl (C=O) groups excluding carboxylic acids is 1. The third kappa shape index (κ3) is 3.53. The fourth-order valence-corrected chi connectivity index (χ4v) is 4.54. The van der Waals surface area contributed by atoms with E-state index in [1.807, 2.05) is 36.4 Å². The standard InChI is InChI=1S/C24H22BrNO5/c1-3-26(24(2,22(27)28)20-12-13-21(25)31-20)23(29)30-14-19-17-10-6-4-8-15(17)16-9-5-7-11-18(16)19/h4-13,19H,3,14H2,1-2H3,(H,27,28). The lowest BCUT2D eigenvalue weighted by atomic mass is 9.96. The van der Waals surface area contributed by atoms with Crippen LogP contribution in [0.2, 0.25) is 0 Å². The van der Waals surface area contributed by atoms with Gasteiger partial charge in [-0.2, -0.15) is 0 Å². The van der Waals surface area contributed by atoms with Gasteiger partial charge in [-0.1, -0.05) is 48.5 Å². The summed E-state index contributed by atoms with van der Waals surface area (Å²) in [4.78, 5) is 26.4. The molecule has 6 nitrogen and oxygen atoms in total. The summed E-state index contributed by atoms with van der Waals surface area (Å²) in [6.07, 6.45) is -0.707. The van der Waals surface area contributed by atoms with Gasteiger partial charge in [-0.25, -0.2) is 9.59 Å². The summed E-state index contributed by atoms with van der Waals surface area (Å²) in [5.41, 5.74) is 2.74. The summed E-state index contributed by atoms with van der Waals surface area (Å²) in [5.74, 6) is -1.17. The van der Waals surface area contributed by atoms with Crippen LogP contribution in [0, 0.1) is 0 Å². The van der Waals surface area contributed by atoms with Crippen LogP contribution in [0.5, 0.6) is 0 Å². The van der Waals surface area contributed by atoms with Gasteiger partial charge in [0.05, 0.1) is 0 Å². The van der Waals surface area contributed by atoms with Crippen molar-refractivity contribution in [3.63, 3.8) is 0 Å². The van der Waals surface area contributed by atoms with Crippen LogP contribution in [0.3, 0.4) is 0 Å². The van der Waals surface area contributed by atoms with E-state index in [-0.39, 0.29) is 24.8 Å². The first-order valence-electron chi connectivity index (χ1n) is 9.99. The molecule has 0 aliphatic heterocycles. The summed E-state index contributed by atoms with van der Waals surface area (Å²) in [5, 5.41) is 9.96. The SMILES string of the molecule is CCN(C(=O)OCC1c2ccccc2-c2ccccc21)C(C)(C(=O)O)c1ccc(Br)o1. The zero-order chi connectivity index (χ0) is 22.2. The van der Waals surface area contributed by atoms with Crippen molar-refractivity contribution < 1.29 is 23.8 Å². The fraction of sp³-hybridized carbons (Fsp3) is 0.250. The van der Waals surface area contributed by atoms with Crippen LogP contribution in [0.1, 0.15) is 36.7 Å². The van der Waals surface area contributed by atoms with Gasteiger partial charge >= 0.3 is 12.1 Å². The van der Waals surface area contributed by atoms with E-state index in [9.17, 15) is 14.7 Å². The number of benzene rings is 2. The van der Waals surface area contributed by atoms with E-state index in [4.69, 9.17) is 9.15 Å². The molecule has 0 fully saturated rings. The second-order valence-corrected chi connectivity index (χ2v) is 8.31. The number of carbonyl (C=O) groups is 2. The van der Waals surface area contributed by atoms with Gasteiger partial charge in [-0.05, 0) is 64.2 Å². The molecule has 31 heavy (non-hydrogen) atoms. The number of hydrogen-bond acceptors (Lipinski definition) is 4. The predicted octanol–water partition coefficient (Wildman–Crippen LogP) is 5.61. The number of aliphatic carboxylic acids is 1. The molecule has 1 amide bonds. The van der Waals surface area contributed by atoms with Crippen molar-refractivity contribution in [1.29, 1.82) is 0 Å². The molecular formula is C24H22BrNO5. The maximum Gasteiger partial charge on any atom is 0.411 e. The first-order valence-corrected chi connectivity index (χ1v) is 10.8. The molecule has 0 bridgehead atoms. The number of amides is 1. The number of rotatable bonds is 6. The minimum atomic E-state index is -1.71. The highest BCUT2D eigenvalue weighted by Gasteiger charge is 2.47. The zero-order valence-corrected chi connectivity index (χ0v) is 18.8. The first-order chi connectivity index (χ1) is 14.9. The Morgan fingerprint density at radius 2 is 1.65 bits per heavy atom. The Hall–Kier alpha value is -3.06. The number of halogens is 1. The van der Waals surface area contributed by atoms with E-state index in [1.54, 1.807) is 13.0 Å². The van der Waals surface area contributed by atoms with Crippen molar-refractivity contribution >= 4 is 28.0 Å². The lowest BCUT2D eigenvalue weighted by Crippen LogP contribution is -2.52. The summed E-state index contributed by atoms with van der Waals surface area (Å²) in [6, 6.07) is 19.2. The topological polar surface area (TPSA) is 80.0 Å². The average Bonchev–Trinajstić information content (AvgIpc) is 3.34. The number of carboxylic acids is 1. The molecule has 2 aromatic carbocycles. The van der Waals surface area contributed by atoms with Crippen molar-refractivity contribution in [3.05, 3.63) is 82.2 Å². The third-order valence-corrected chi connectivity index (χ3v) is 6.31. The van der Waals surface area contributed by atoms with Gasteiger partial charge < -0.3 is 14.3 Å². The van der Waals surface area contributed by atoms with E-state index in [2.05, 4.69) is 28.1 Å². The van der Waals surface area contributed by atoms with Crippen LogP contribution in [0.4, 0.5) is 4.79 Å². The van der Waals surface area contributed by atoms with Gasteiger partial charge in [-0.3, -0.25) is 4.90 Å². The minimum absolute atomic E-state index is 0.108. The van der Waals surface area contributed by atoms with Crippen LogP contribution in [0.25, 0.3) is 11.1 Å². The first kappa shape index (κ1) is 21.2. The Balaban J connectivity index is 1.60. The number of carboxylic acid groups (broad SMARTS) is 1. The quantitative estimate of drug-likeness (QED) is 0.492. The number of likely N-dealkylation sites (N-methyl/N-ethyl adjacent to an activating group) is 1.